The minimum atomic E-state index is 0.0255. The predicted octanol–water partition coefficient (Wildman–Crippen LogP) is 3.64. The molecule has 0 bridgehead atoms. The standard InChI is InChI=1S/C23H31N3O/c1-24(2)15-16-26(5)22-12-8-11-20(17-22)23(27)14-13-19-9-6-7-10-21(19)18-25(3)4/h6-14,17H,15-16,18H2,1-5H3. The first-order chi connectivity index (χ1) is 12.9. The van der Waals surface area contributed by atoms with Crippen molar-refractivity contribution in [3.8, 4) is 0 Å². The molecule has 0 N–H and O–H groups in total. The maximum absolute atomic E-state index is 12.7. The number of carbonyl (C=O) groups excluding carboxylic acids is 1. The van der Waals surface area contributed by atoms with E-state index < -0.39 is 0 Å². The van der Waals surface area contributed by atoms with E-state index in [0.717, 1.165) is 30.9 Å². The van der Waals surface area contributed by atoms with Crippen molar-refractivity contribution >= 4 is 17.5 Å². The SMILES string of the molecule is CN(C)CCN(C)c1cccc(C(=O)C=Cc2ccccc2CN(C)C)c1. The van der Waals surface area contributed by atoms with Crippen molar-refractivity contribution in [1.29, 1.82) is 0 Å². The Balaban J connectivity index is 2.12. The van der Waals surface area contributed by atoms with Crippen LogP contribution in [0.25, 0.3) is 6.08 Å². The third-order valence-electron chi connectivity index (χ3n) is 4.41. The van der Waals surface area contributed by atoms with E-state index in [0.29, 0.717) is 5.56 Å². The van der Waals surface area contributed by atoms with Crippen molar-refractivity contribution in [2.75, 3.05) is 53.2 Å². The summed E-state index contributed by atoms with van der Waals surface area (Å²) in [7, 11) is 10.3. The molecule has 144 valence electrons. The molecule has 27 heavy (non-hydrogen) atoms. The Kier molecular flexibility index (Phi) is 7.77. The average molecular weight is 366 g/mol. The molecule has 2 rings (SSSR count). The quantitative estimate of drug-likeness (QED) is 0.501. The minimum Gasteiger partial charge on any atom is -0.373 e. The van der Waals surface area contributed by atoms with Gasteiger partial charge >= 0.3 is 0 Å². The van der Waals surface area contributed by atoms with Crippen LogP contribution in [0.5, 0.6) is 0 Å². The van der Waals surface area contributed by atoms with Crippen LogP contribution in [0, 0.1) is 0 Å². The molecule has 0 unspecified atom stereocenters. The number of carbonyl (C=O) groups is 1. The summed E-state index contributed by atoms with van der Waals surface area (Å²) in [4.78, 5) is 19.1. The first-order valence-corrected chi connectivity index (χ1v) is 9.28. The molecule has 0 amide bonds. The van der Waals surface area contributed by atoms with Crippen LogP contribution >= 0.6 is 0 Å². The van der Waals surface area contributed by atoms with Gasteiger partial charge in [-0.3, -0.25) is 4.79 Å². The predicted molar refractivity (Wildman–Crippen MR) is 115 cm³/mol. The van der Waals surface area contributed by atoms with Crippen LogP contribution in [-0.2, 0) is 6.54 Å². The molecule has 0 aliphatic rings. The smallest absolute Gasteiger partial charge is 0.185 e. The fraction of sp³-hybridized carbons (Fsp3) is 0.348. The van der Waals surface area contributed by atoms with E-state index >= 15 is 0 Å². The number of rotatable bonds is 9. The molecule has 0 radical (unpaired) electrons. The van der Waals surface area contributed by atoms with Gasteiger partial charge in [-0.25, -0.2) is 0 Å². The van der Waals surface area contributed by atoms with Crippen molar-refractivity contribution in [2.24, 2.45) is 0 Å². The van der Waals surface area contributed by atoms with E-state index in [4.69, 9.17) is 0 Å². The molecule has 0 heterocycles. The van der Waals surface area contributed by atoms with E-state index in [-0.39, 0.29) is 5.78 Å². The highest BCUT2D eigenvalue weighted by Crippen LogP contribution is 2.17. The number of allylic oxidation sites excluding steroid dienone is 1. The Hall–Kier alpha value is -2.43. The van der Waals surface area contributed by atoms with Crippen LogP contribution in [0.3, 0.4) is 0 Å². The number of benzene rings is 2. The molecule has 0 spiro atoms. The zero-order valence-electron chi connectivity index (χ0n) is 17.1. The van der Waals surface area contributed by atoms with Crippen LogP contribution in [0.4, 0.5) is 5.69 Å². The molecule has 4 heteroatoms. The van der Waals surface area contributed by atoms with Gasteiger partial charge in [0.2, 0.25) is 0 Å². The number of ketones is 1. The van der Waals surface area contributed by atoms with Crippen LogP contribution in [0.2, 0.25) is 0 Å². The largest absolute Gasteiger partial charge is 0.373 e. The van der Waals surface area contributed by atoms with Gasteiger partial charge in [-0.1, -0.05) is 42.5 Å². The van der Waals surface area contributed by atoms with Crippen LogP contribution in [0.1, 0.15) is 21.5 Å². The monoisotopic (exact) mass is 365 g/mol. The molecule has 0 saturated carbocycles. The molecular weight excluding hydrogens is 334 g/mol. The summed E-state index contributed by atoms with van der Waals surface area (Å²) in [6, 6.07) is 16.0. The molecule has 0 saturated heterocycles. The second-order valence-electron chi connectivity index (χ2n) is 7.41. The zero-order valence-corrected chi connectivity index (χ0v) is 17.1. The Morgan fingerprint density at radius 2 is 1.63 bits per heavy atom. The van der Waals surface area contributed by atoms with Crippen molar-refractivity contribution in [2.45, 2.75) is 6.54 Å². The van der Waals surface area contributed by atoms with Gasteiger partial charge in [0.25, 0.3) is 0 Å². The Morgan fingerprint density at radius 3 is 2.33 bits per heavy atom. The number of nitrogens with zero attached hydrogens (tertiary/aromatic N) is 3. The highest BCUT2D eigenvalue weighted by Gasteiger charge is 2.07. The molecule has 0 aliphatic carbocycles. The van der Waals surface area contributed by atoms with Crippen molar-refractivity contribution in [3.05, 3.63) is 71.3 Å². The van der Waals surface area contributed by atoms with E-state index in [1.54, 1.807) is 6.08 Å². The fourth-order valence-electron chi connectivity index (χ4n) is 2.82. The third kappa shape index (κ3) is 6.66. The summed E-state index contributed by atoms with van der Waals surface area (Å²) >= 11 is 0. The van der Waals surface area contributed by atoms with E-state index in [9.17, 15) is 4.79 Å². The molecular formula is C23H31N3O. The molecule has 2 aromatic rings. The van der Waals surface area contributed by atoms with Gasteiger partial charge in [0, 0.05) is 37.9 Å². The summed E-state index contributed by atoms with van der Waals surface area (Å²) in [6.45, 7) is 2.73. The van der Waals surface area contributed by atoms with Gasteiger partial charge in [0.05, 0.1) is 0 Å². The molecule has 0 fully saturated rings. The lowest BCUT2D eigenvalue weighted by Gasteiger charge is -2.21. The maximum Gasteiger partial charge on any atom is 0.185 e. The average Bonchev–Trinajstić information content (AvgIpc) is 2.64. The van der Waals surface area contributed by atoms with Gasteiger partial charge in [0.15, 0.2) is 5.78 Å². The summed E-state index contributed by atoms with van der Waals surface area (Å²) in [6.07, 6.45) is 3.59. The van der Waals surface area contributed by atoms with Gasteiger partial charge < -0.3 is 14.7 Å². The first-order valence-electron chi connectivity index (χ1n) is 9.28. The van der Waals surface area contributed by atoms with Crippen molar-refractivity contribution in [3.63, 3.8) is 0 Å². The summed E-state index contributed by atoms with van der Waals surface area (Å²) in [5.41, 5.74) is 4.07. The van der Waals surface area contributed by atoms with Crippen LogP contribution < -0.4 is 4.90 Å². The van der Waals surface area contributed by atoms with Gasteiger partial charge in [0.1, 0.15) is 0 Å². The Bertz CT molecular complexity index is 781. The second kappa shape index (κ2) is 10.0. The van der Waals surface area contributed by atoms with Crippen LogP contribution in [-0.4, -0.2) is 63.9 Å². The fourth-order valence-corrected chi connectivity index (χ4v) is 2.82. The number of anilines is 1. The van der Waals surface area contributed by atoms with Crippen molar-refractivity contribution < 1.29 is 4.79 Å². The van der Waals surface area contributed by atoms with E-state index in [1.165, 1.54) is 5.56 Å². The highest BCUT2D eigenvalue weighted by atomic mass is 16.1. The third-order valence-corrected chi connectivity index (χ3v) is 4.41. The molecule has 0 aliphatic heterocycles. The van der Waals surface area contributed by atoms with Gasteiger partial charge in [-0.2, -0.15) is 0 Å². The van der Waals surface area contributed by atoms with Crippen molar-refractivity contribution in [1.82, 2.24) is 9.80 Å². The summed E-state index contributed by atoms with van der Waals surface area (Å²) < 4.78 is 0. The number of hydrogen-bond donors (Lipinski definition) is 0. The van der Waals surface area contributed by atoms with Gasteiger partial charge in [-0.15, -0.1) is 0 Å². The minimum absolute atomic E-state index is 0.0255. The topological polar surface area (TPSA) is 26.8 Å². The number of likely N-dealkylation sites (N-methyl/N-ethyl adjacent to an activating group) is 2. The second-order valence-corrected chi connectivity index (χ2v) is 7.41. The maximum atomic E-state index is 12.7. The molecule has 4 nitrogen and oxygen atoms in total. The zero-order chi connectivity index (χ0) is 19.8. The Morgan fingerprint density at radius 1 is 0.889 bits per heavy atom. The summed E-state index contributed by atoms with van der Waals surface area (Å²) in [5, 5.41) is 0. The number of hydrogen-bond acceptors (Lipinski definition) is 4. The lowest BCUT2D eigenvalue weighted by atomic mass is 10.0. The molecule has 0 aromatic heterocycles. The van der Waals surface area contributed by atoms with Crippen LogP contribution in [0.15, 0.2) is 54.6 Å². The summed E-state index contributed by atoms with van der Waals surface area (Å²) in [5.74, 6) is 0.0255. The lowest BCUT2D eigenvalue weighted by molar-refractivity contribution is 0.104. The van der Waals surface area contributed by atoms with Gasteiger partial charge in [-0.05, 0) is 57.5 Å². The van der Waals surface area contributed by atoms with E-state index in [2.05, 4.69) is 41.9 Å². The molecule has 2 aromatic carbocycles. The lowest BCUT2D eigenvalue weighted by Crippen LogP contribution is -2.28. The molecule has 0 atom stereocenters. The Labute approximate surface area is 163 Å². The first kappa shape index (κ1) is 20.9. The van der Waals surface area contributed by atoms with E-state index in [1.807, 2.05) is 62.6 Å². The normalized spacial score (nSPS) is 11.5. The highest BCUT2D eigenvalue weighted by molar-refractivity contribution is 6.07.